The molecule has 0 spiro atoms. The summed E-state index contributed by atoms with van der Waals surface area (Å²) in [5.74, 6) is 0. The summed E-state index contributed by atoms with van der Waals surface area (Å²) >= 11 is 4.55. The maximum absolute atomic E-state index is 4.55. The molecule has 0 aliphatic heterocycles. The third-order valence-electron chi connectivity index (χ3n) is 6.48. The van der Waals surface area contributed by atoms with Crippen LogP contribution in [0.5, 0.6) is 0 Å². The molecule has 3 heteroatoms. The van der Waals surface area contributed by atoms with Gasteiger partial charge in [-0.25, -0.2) is 0 Å². The van der Waals surface area contributed by atoms with E-state index in [2.05, 4.69) is 78.7 Å². The molecule has 0 bridgehead atoms. The van der Waals surface area contributed by atoms with Gasteiger partial charge >= 0.3 is 191 Å². The van der Waals surface area contributed by atoms with E-state index < -0.39 is 5.31 Å². The summed E-state index contributed by atoms with van der Waals surface area (Å²) in [6, 6.07) is 11.5. The van der Waals surface area contributed by atoms with Crippen molar-refractivity contribution in [2.45, 2.75) is 90.9 Å². The second-order valence-corrected chi connectivity index (χ2v) is 20.0. The second-order valence-electron chi connectivity index (χ2n) is 9.43. The maximum atomic E-state index is 4.55. The molecule has 0 fully saturated rings. The summed E-state index contributed by atoms with van der Waals surface area (Å²) in [6.45, 7) is 5.93. The van der Waals surface area contributed by atoms with Gasteiger partial charge < -0.3 is 0 Å². The van der Waals surface area contributed by atoms with Gasteiger partial charge in [0.05, 0.1) is 0 Å². The Balaban J connectivity index is 2.53. The van der Waals surface area contributed by atoms with E-state index in [1.165, 1.54) is 102 Å². The van der Waals surface area contributed by atoms with Crippen LogP contribution >= 0.6 is 20.8 Å². The van der Waals surface area contributed by atoms with Gasteiger partial charge in [0.25, 0.3) is 0 Å². The van der Waals surface area contributed by atoms with E-state index in [9.17, 15) is 0 Å². The van der Waals surface area contributed by atoms with Crippen molar-refractivity contribution in [1.29, 1.82) is 0 Å². The number of halogens is 1. The fourth-order valence-electron chi connectivity index (χ4n) is 4.53. The summed E-state index contributed by atoms with van der Waals surface area (Å²) in [4.78, 5) is 2.30. The summed E-state index contributed by atoms with van der Waals surface area (Å²) < 4.78 is 0. The van der Waals surface area contributed by atoms with Crippen LogP contribution in [-0.2, 0) is 0 Å². The van der Waals surface area contributed by atoms with Crippen molar-refractivity contribution in [3.8, 4) is 0 Å². The molecule has 0 N–H and O–H groups in total. The van der Waals surface area contributed by atoms with Crippen LogP contribution in [0.4, 0.5) is 0 Å². The molecular formula is C26H49BrNP. The van der Waals surface area contributed by atoms with Gasteiger partial charge in [0.1, 0.15) is 0 Å². The van der Waals surface area contributed by atoms with Gasteiger partial charge in [0.2, 0.25) is 0 Å². The van der Waals surface area contributed by atoms with Crippen molar-refractivity contribution in [3.05, 3.63) is 30.3 Å². The van der Waals surface area contributed by atoms with Crippen molar-refractivity contribution in [2.75, 3.05) is 39.1 Å². The van der Waals surface area contributed by atoms with Crippen molar-refractivity contribution in [3.63, 3.8) is 0 Å². The molecule has 0 unspecified atom stereocenters. The van der Waals surface area contributed by atoms with Gasteiger partial charge in [-0.2, -0.15) is 0 Å². The number of rotatable bonds is 18. The Kier molecular flexibility index (Phi) is 14.0. The summed E-state index contributed by atoms with van der Waals surface area (Å²) in [7, 11) is 4.35. The summed E-state index contributed by atoms with van der Waals surface area (Å²) in [5.41, 5.74) is 0. The Hall–Kier alpha value is 0.0900. The molecule has 0 heterocycles. The van der Waals surface area contributed by atoms with Crippen LogP contribution in [0.15, 0.2) is 30.3 Å². The van der Waals surface area contributed by atoms with E-state index in [1.54, 1.807) is 5.30 Å². The minimum atomic E-state index is -2.00. The molecular weight excluding hydrogens is 437 g/mol. The number of benzene rings is 1. The van der Waals surface area contributed by atoms with Crippen LogP contribution in [0.2, 0.25) is 0 Å². The summed E-state index contributed by atoms with van der Waals surface area (Å²) in [6.07, 6.45) is 20.7. The standard InChI is InChI=1S/C26H49BrNP/c1-5-7-23-29(27,24-8-6-2,26-20-16-15-17-21-26)25-19-14-12-10-9-11-13-18-22-28(3)4/h15-17,20-21H,5-14,18-19,22-25H2,1-4H3. The molecule has 170 valence electrons. The molecule has 1 aromatic carbocycles. The van der Waals surface area contributed by atoms with Crippen molar-refractivity contribution in [1.82, 2.24) is 4.90 Å². The first-order chi connectivity index (χ1) is 13.9. The van der Waals surface area contributed by atoms with Gasteiger partial charge in [-0.1, -0.05) is 0 Å². The van der Waals surface area contributed by atoms with Crippen LogP contribution in [-0.4, -0.2) is 44.0 Å². The van der Waals surface area contributed by atoms with Gasteiger partial charge in [0.15, 0.2) is 0 Å². The van der Waals surface area contributed by atoms with E-state index in [0.29, 0.717) is 0 Å². The molecule has 0 aliphatic rings. The monoisotopic (exact) mass is 485 g/mol. The first-order valence-electron chi connectivity index (χ1n) is 12.4. The van der Waals surface area contributed by atoms with Gasteiger partial charge in [-0.15, -0.1) is 0 Å². The van der Waals surface area contributed by atoms with E-state index in [1.807, 2.05) is 0 Å². The van der Waals surface area contributed by atoms with Gasteiger partial charge in [0, 0.05) is 0 Å². The molecule has 0 saturated carbocycles. The van der Waals surface area contributed by atoms with Crippen LogP contribution in [0.1, 0.15) is 90.9 Å². The average Bonchev–Trinajstić information content (AvgIpc) is 2.73. The number of hydrogen-bond donors (Lipinski definition) is 0. The Labute approximate surface area is 191 Å². The molecule has 29 heavy (non-hydrogen) atoms. The fraction of sp³-hybridized carbons (Fsp3) is 0.769. The Morgan fingerprint density at radius 3 is 1.59 bits per heavy atom. The SMILES string of the molecule is CCCCP(Br)(CCCC)(CCCCCCCCCCN(C)C)c1ccccc1. The topological polar surface area (TPSA) is 3.24 Å². The fourth-order valence-corrected chi connectivity index (χ4v) is 12.9. The third-order valence-corrected chi connectivity index (χ3v) is 16.5. The zero-order valence-electron chi connectivity index (χ0n) is 20.0. The van der Waals surface area contributed by atoms with E-state index >= 15 is 0 Å². The zero-order chi connectivity index (χ0) is 21.5. The quantitative estimate of drug-likeness (QED) is 0.149. The zero-order valence-corrected chi connectivity index (χ0v) is 22.5. The molecule has 1 aromatic rings. The van der Waals surface area contributed by atoms with Crippen molar-refractivity contribution >= 4 is 26.1 Å². The normalized spacial score (nSPS) is 13.5. The third kappa shape index (κ3) is 10.3. The van der Waals surface area contributed by atoms with Crippen molar-refractivity contribution in [2.24, 2.45) is 0 Å². The molecule has 0 saturated heterocycles. The number of hydrogen-bond acceptors (Lipinski definition) is 1. The predicted octanol–water partition coefficient (Wildman–Crippen LogP) is 8.46. The number of unbranched alkanes of at least 4 members (excludes halogenated alkanes) is 9. The van der Waals surface area contributed by atoms with Crippen LogP contribution in [0.3, 0.4) is 0 Å². The van der Waals surface area contributed by atoms with Crippen LogP contribution in [0.25, 0.3) is 0 Å². The molecule has 0 aliphatic carbocycles. The first-order valence-corrected chi connectivity index (χ1v) is 17.2. The van der Waals surface area contributed by atoms with Crippen molar-refractivity contribution < 1.29 is 0 Å². The molecule has 1 rings (SSSR count). The van der Waals surface area contributed by atoms with Crippen LogP contribution in [0, 0.1) is 0 Å². The first kappa shape index (κ1) is 27.1. The minimum absolute atomic E-state index is 1.24. The van der Waals surface area contributed by atoms with Gasteiger partial charge in [-0.05, 0) is 0 Å². The van der Waals surface area contributed by atoms with E-state index in [-0.39, 0.29) is 0 Å². The van der Waals surface area contributed by atoms with Crippen LogP contribution < -0.4 is 5.30 Å². The molecule has 0 radical (unpaired) electrons. The number of nitrogens with zero attached hydrogens (tertiary/aromatic N) is 1. The van der Waals surface area contributed by atoms with E-state index in [0.717, 1.165) is 0 Å². The Morgan fingerprint density at radius 1 is 0.655 bits per heavy atom. The molecule has 1 nitrogen and oxygen atoms in total. The Bertz CT molecular complexity index is 509. The Morgan fingerprint density at radius 2 is 1.10 bits per heavy atom. The average molecular weight is 487 g/mol. The molecule has 0 aromatic heterocycles. The molecule has 0 amide bonds. The van der Waals surface area contributed by atoms with Gasteiger partial charge in [-0.3, -0.25) is 0 Å². The van der Waals surface area contributed by atoms with E-state index in [4.69, 9.17) is 0 Å². The molecule has 0 atom stereocenters. The predicted molar refractivity (Wildman–Crippen MR) is 142 cm³/mol. The summed E-state index contributed by atoms with van der Waals surface area (Å²) in [5, 5.41) is -0.358. The second kappa shape index (κ2) is 15.0.